The second kappa shape index (κ2) is 9.42. The monoisotopic (exact) mass is 480 g/mol. The number of amides is 1. The van der Waals surface area contributed by atoms with Gasteiger partial charge >= 0.3 is 0 Å². The van der Waals surface area contributed by atoms with Gasteiger partial charge in [-0.3, -0.25) is 4.79 Å². The van der Waals surface area contributed by atoms with Gasteiger partial charge in [-0.1, -0.05) is 15.9 Å². The van der Waals surface area contributed by atoms with Crippen LogP contribution in [0.4, 0.5) is 5.69 Å². The summed E-state index contributed by atoms with van der Waals surface area (Å²) in [5.41, 5.74) is 0.534. The second-order valence-corrected chi connectivity index (χ2v) is 9.45. The number of thioether (sulfide) groups is 1. The molecule has 0 spiro atoms. The minimum absolute atomic E-state index is 0.0705. The van der Waals surface area contributed by atoms with E-state index in [1.165, 1.54) is 30.2 Å². The highest BCUT2D eigenvalue weighted by Crippen LogP contribution is 2.21. The summed E-state index contributed by atoms with van der Waals surface area (Å²) in [5.74, 6) is 0.613. The van der Waals surface area contributed by atoms with Crippen LogP contribution in [0.2, 0.25) is 0 Å². The van der Waals surface area contributed by atoms with E-state index in [-0.39, 0.29) is 23.1 Å². The van der Waals surface area contributed by atoms with Crippen LogP contribution in [-0.4, -0.2) is 20.1 Å². The highest BCUT2D eigenvalue weighted by atomic mass is 79.9. The average molecular weight is 481 g/mol. The Balaban J connectivity index is 1.53. The van der Waals surface area contributed by atoms with Gasteiger partial charge in [0.15, 0.2) is 0 Å². The van der Waals surface area contributed by atoms with E-state index < -0.39 is 10.0 Å². The van der Waals surface area contributed by atoms with Crippen molar-refractivity contribution in [2.45, 2.75) is 16.3 Å². The predicted octanol–water partition coefficient (Wildman–Crippen LogP) is 4.25. The van der Waals surface area contributed by atoms with Crippen LogP contribution in [0, 0.1) is 0 Å². The van der Waals surface area contributed by atoms with E-state index in [0.717, 1.165) is 9.37 Å². The van der Waals surface area contributed by atoms with E-state index in [0.29, 0.717) is 11.4 Å². The lowest BCUT2D eigenvalue weighted by Crippen LogP contribution is -2.23. The number of furan rings is 1. The third-order valence-corrected chi connectivity index (χ3v) is 6.61. The van der Waals surface area contributed by atoms with Crippen molar-refractivity contribution >= 4 is 49.3 Å². The Morgan fingerprint density at radius 3 is 2.39 bits per heavy atom. The molecule has 0 saturated carbocycles. The van der Waals surface area contributed by atoms with Gasteiger partial charge in [0.1, 0.15) is 5.76 Å². The molecule has 1 aromatic heterocycles. The van der Waals surface area contributed by atoms with E-state index in [4.69, 9.17) is 4.42 Å². The van der Waals surface area contributed by atoms with Crippen LogP contribution in [0.25, 0.3) is 0 Å². The summed E-state index contributed by atoms with van der Waals surface area (Å²) < 4.78 is 33.2. The zero-order valence-corrected chi connectivity index (χ0v) is 17.8. The molecular formula is C19H17BrN2O4S2. The number of carbonyl (C=O) groups excluding carboxylic acids is 1. The molecule has 1 heterocycles. The molecule has 9 heteroatoms. The standard InChI is InChI=1S/C19H17BrN2O4S2/c20-14-3-7-17(8-4-14)27-13-19(23)22-15-5-9-18(10-6-15)28(24,25)21-12-16-2-1-11-26-16/h1-11,21H,12-13H2,(H,22,23). The van der Waals surface area contributed by atoms with Crippen LogP contribution in [0.5, 0.6) is 0 Å². The van der Waals surface area contributed by atoms with Crippen LogP contribution in [0.3, 0.4) is 0 Å². The van der Waals surface area contributed by atoms with Gasteiger partial charge in [-0.15, -0.1) is 11.8 Å². The fraction of sp³-hybridized carbons (Fsp3) is 0.105. The maximum atomic E-state index is 12.3. The molecule has 1 amide bonds. The van der Waals surface area contributed by atoms with Gasteiger partial charge in [-0.05, 0) is 60.7 Å². The Hall–Kier alpha value is -2.07. The summed E-state index contributed by atoms with van der Waals surface area (Å²) in [4.78, 5) is 13.2. The van der Waals surface area contributed by atoms with Crippen molar-refractivity contribution in [3.8, 4) is 0 Å². The second-order valence-electron chi connectivity index (χ2n) is 5.72. The van der Waals surface area contributed by atoms with Crippen LogP contribution >= 0.6 is 27.7 Å². The van der Waals surface area contributed by atoms with Crippen LogP contribution in [-0.2, 0) is 21.4 Å². The zero-order valence-electron chi connectivity index (χ0n) is 14.6. The van der Waals surface area contributed by atoms with Crippen LogP contribution in [0.1, 0.15) is 5.76 Å². The van der Waals surface area contributed by atoms with Crippen molar-refractivity contribution < 1.29 is 17.6 Å². The first kappa shape index (κ1) is 20.7. The lowest BCUT2D eigenvalue weighted by atomic mass is 10.3. The van der Waals surface area contributed by atoms with E-state index in [2.05, 4.69) is 26.0 Å². The number of sulfonamides is 1. The van der Waals surface area contributed by atoms with Crippen molar-refractivity contribution in [3.05, 3.63) is 77.2 Å². The lowest BCUT2D eigenvalue weighted by molar-refractivity contribution is -0.113. The third kappa shape index (κ3) is 5.96. The third-order valence-electron chi connectivity index (χ3n) is 3.65. The maximum Gasteiger partial charge on any atom is 0.240 e. The van der Waals surface area contributed by atoms with Crippen molar-refractivity contribution in [2.75, 3.05) is 11.1 Å². The predicted molar refractivity (Wildman–Crippen MR) is 113 cm³/mol. The molecule has 0 aliphatic carbocycles. The summed E-state index contributed by atoms with van der Waals surface area (Å²) in [6.07, 6.45) is 1.48. The Labute approximate surface area is 175 Å². The maximum absolute atomic E-state index is 12.3. The molecular weight excluding hydrogens is 464 g/mol. The molecule has 3 rings (SSSR count). The lowest BCUT2D eigenvalue weighted by Gasteiger charge is -2.08. The fourth-order valence-electron chi connectivity index (χ4n) is 2.26. The molecule has 146 valence electrons. The smallest absolute Gasteiger partial charge is 0.240 e. The average Bonchev–Trinajstić information content (AvgIpc) is 3.20. The summed E-state index contributed by atoms with van der Waals surface area (Å²) >= 11 is 4.79. The number of benzene rings is 2. The first-order chi connectivity index (χ1) is 13.4. The van der Waals surface area contributed by atoms with Crippen molar-refractivity contribution in [1.82, 2.24) is 4.72 Å². The Morgan fingerprint density at radius 1 is 1.04 bits per heavy atom. The van der Waals surface area contributed by atoms with E-state index in [9.17, 15) is 13.2 Å². The minimum Gasteiger partial charge on any atom is -0.468 e. The Bertz CT molecular complexity index is 1020. The number of halogens is 1. The molecule has 6 nitrogen and oxygen atoms in total. The van der Waals surface area contributed by atoms with Crippen LogP contribution < -0.4 is 10.0 Å². The minimum atomic E-state index is -3.66. The van der Waals surface area contributed by atoms with Gasteiger partial charge in [0.2, 0.25) is 15.9 Å². The molecule has 0 aliphatic rings. The normalized spacial score (nSPS) is 11.3. The van der Waals surface area contributed by atoms with E-state index in [1.807, 2.05) is 24.3 Å². The molecule has 0 saturated heterocycles. The summed E-state index contributed by atoms with van der Waals surface area (Å²) in [7, 11) is -3.66. The number of anilines is 1. The van der Waals surface area contributed by atoms with Gasteiger partial charge in [-0.25, -0.2) is 13.1 Å². The summed E-state index contributed by atoms with van der Waals surface area (Å²) in [6.45, 7) is 0.0705. The molecule has 0 bridgehead atoms. The molecule has 0 atom stereocenters. The molecule has 2 N–H and O–H groups in total. The van der Waals surface area contributed by atoms with E-state index >= 15 is 0 Å². The zero-order chi connectivity index (χ0) is 20.0. The van der Waals surface area contributed by atoms with E-state index in [1.54, 1.807) is 24.3 Å². The van der Waals surface area contributed by atoms with Crippen molar-refractivity contribution in [3.63, 3.8) is 0 Å². The van der Waals surface area contributed by atoms with Gasteiger partial charge in [0, 0.05) is 15.1 Å². The fourth-order valence-corrected chi connectivity index (χ4v) is 4.21. The number of rotatable bonds is 8. The highest BCUT2D eigenvalue weighted by molar-refractivity contribution is 9.10. The van der Waals surface area contributed by atoms with Gasteiger partial charge < -0.3 is 9.73 Å². The van der Waals surface area contributed by atoms with Crippen LogP contribution in [0.15, 0.2) is 85.6 Å². The molecule has 3 aromatic rings. The number of nitrogens with one attached hydrogen (secondary N) is 2. The first-order valence-electron chi connectivity index (χ1n) is 8.23. The SMILES string of the molecule is O=C(CSc1ccc(Br)cc1)Nc1ccc(S(=O)(=O)NCc2ccco2)cc1. The number of hydrogen-bond acceptors (Lipinski definition) is 5. The summed E-state index contributed by atoms with van der Waals surface area (Å²) in [6, 6.07) is 17.1. The largest absolute Gasteiger partial charge is 0.468 e. The molecule has 2 aromatic carbocycles. The van der Waals surface area contributed by atoms with Crippen molar-refractivity contribution in [2.24, 2.45) is 0 Å². The topological polar surface area (TPSA) is 88.4 Å². The molecule has 0 unspecified atom stereocenters. The number of hydrogen-bond donors (Lipinski definition) is 2. The molecule has 0 fully saturated rings. The first-order valence-corrected chi connectivity index (χ1v) is 11.5. The molecule has 28 heavy (non-hydrogen) atoms. The molecule has 0 radical (unpaired) electrons. The Kier molecular flexibility index (Phi) is 6.95. The highest BCUT2D eigenvalue weighted by Gasteiger charge is 2.14. The summed E-state index contributed by atoms with van der Waals surface area (Å²) in [5, 5.41) is 2.76. The van der Waals surface area contributed by atoms with Gasteiger partial charge in [0.05, 0.1) is 23.5 Å². The van der Waals surface area contributed by atoms with Crippen molar-refractivity contribution in [1.29, 1.82) is 0 Å². The van der Waals surface area contributed by atoms with Gasteiger partial charge in [0.25, 0.3) is 0 Å². The quantitative estimate of drug-likeness (QED) is 0.470. The molecule has 0 aliphatic heterocycles. The number of carbonyl (C=O) groups is 1. The Morgan fingerprint density at radius 2 is 1.75 bits per heavy atom. The van der Waals surface area contributed by atoms with Gasteiger partial charge in [-0.2, -0.15) is 0 Å².